The molecule has 1 aromatic carbocycles. The van der Waals surface area contributed by atoms with Crippen LogP contribution in [-0.4, -0.2) is 27.0 Å². The molecule has 1 aromatic heterocycles. The van der Waals surface area contributed by atoms with E-state index >= 15 is 0 Å². The zero-order chi connectivity index (χ0) is 13.0. The normalized spacial score (nSPS) is 10.5. The maximum absolute atomic E-state index is 10.4. The number of thioether (sulfide) groups is 1. The summed E-state index contributed by atoms with van der Waals surface area (Å²) in [6.07, 6.45) is 0.558. The molecule has 1 heterocycles. The van der Waals surface area contributed by atoms with Gasteiger partial charge in [-0.3, -0.25) is 4.79 Å². The van der Waals surface area contributed by atoms with Crippen molar-refractivity contribution in [3.05, 3.63) is 41.3 Å². The van der Waals surface area contributed by atoms with Crippen molar-refractivity contribution in [2.75, 3.05) is 5.75 Å². The molecule has 2 aromatic rings. The van der Waals surface area contributed by atoms with E-state index in [4.69, 9.17) is 9.52 Å². The van der Waals surface area contributed by atoms with E-state index in [1.54, 1.807) is 0 Å². The highest BCUT2D eigenvalue weighted by Gasteiger charge is 2.09. The average molecular weight is 264 g/mol. The van der Waals surface area contributed by atoms with E-state index in [1.807, 2.05) is 31.2 Å². The second-order valence-corrected chi connectivity index (χ2v) is 4.74. The van der Waals surface area contributed by atoms with Gasteiger partial charge in [-0.2, -0.15) is 0 Å². The molecule has 0 atom stereocenters. The molecule has 0 unspecified atom stereocenters. The first-order valence-corrected chi connectivity index (χ1v) is 6.34. The maximum Gasteiger partial charge on any atom is 0.314 e. The lowest BCUT2D eigenvalue weighted by Crippen LogP contribution is -1.97. The molecule has 1 N–H and O–H groups in total. The van der Waals surface area contributed by atoms with Gasteiger partial charge in [0.1, 0.15) is 5.75 Å². The summed E-state index contributed by atoms with van der Waals surface area (Å²) in [6, 6.07) is 8.03. The van der Waals surface area contributed by atoms with Crippen molar-refractivity contribution in [3.63, 3.8) is 0 Å². The third kappa shape index (κ3) is 3.59. The van der Waals surface area contributed by atoms with Crippen LogP contribution in [0.3, 0.4) is 0 Å². The summed E-state index contributed by atoms with van der Waals surface area (Å²) in [4.78, 5) is 10.4. The summed E-state index contributed by atoms with van der Waals surface area (Å²) in [6.45, 7) is 2.02. The molecule has 0 bridgehead atoms. The number of carbonyl (C=O) groups is 1. The van der Waals surface area contributed by atoms with Crippen LogP contribution in [0.25, 0.3) is 0 Å². The molecule has 2 rings (SSSR count). The Hall–Kier alpha value is -1.82. The summed E-state index contributed by atoms with van der Waals surface area (Å²) >= 11 is 1.02. The summed E-state index contributed by atoms with van der Waals surface area (Å²) in [5, 5.41) is 16.5. The van der Waals surface area contributed by atoms with Crippen molar-refractivity contribution in [2.45, 2.75) is 18.6 Å². The number of carboxylic acid groups (broad SMARTS) is 1. The fourth-order valence-electron chi connectivity index (χ4n) is 1.49. The van der Waals surface area contributed by atoms with Crippen LogP contribution < -0.4 is 0 Å². The van der Waals surface area contributed by atoms with Crippen LogP contribution in [0.5, 0.6) is 0 Å². The van der Waals surface area contributed by atoms with Crippen molar-refractivity contribution >= 4 is 17.7 Å². The summed E-state index contributed by atoms with van der Waals surface area (Å²) < 4.78 is 5.36. The molecule has 0 aliphatic heterocycles. The zero-order valence-corrected chi connectivity index (χ0v) is 10.6. The van der Waals surface area contributed by atoms with Crippen LogP contribution in [0.15, 0.2) is 33.9 Å². The van der Waals surface area contributed by atoms with Crippen LogP contribution in [0.4, 0.5) is 0 Å². The van der Waals surface area contributed by atoms with Crippen LogP contribution in [0.1, 0.15) is 17.0 Å². The van der Waals surface area contributed by atoms with Crippen LogP contribution in [0, 0.1) is 6.92 Å². The number of rotatable bonds is 5. The first kappa shape index (κ1) is 12.6. The molecule has 0 aliphatic carbocycles. The molecular weight excluding hydrogens is 252 g/mol. The van der Waals surface area contributed by atoms with E-state index in [1.165, 1.54) is 5.56 Å². The van der Waals surface area contributed by atoms with Crippen molar-refractivity contribution in [1.29, 1.82) is 0 Å². The predicted octanol–water partition coefficient (Wildman–Crippen LogP) is 2.15. The van der Waals surface area contributed by atoms with Crippen LogP contribution in [0.2, 0.25) is 0 Å². The smallest absolute Gasteiger partial charge is 0.314 e. The number of carboxylic acids is 1. The molecular formula is C12H12N2O3S. The predicted molar refractivity (Wildman–Crippen MR) is 66.6 cm³/mol. The van der Waals surface area contributed by atoms with Gasteiger partial charge in [-0.05, 0) is 12.5 Å². The molecule has 0 aliphatic rings. The fraction of sp³-hybridized carbons (Fsp3) is 0.250. The third-order valence-corrected chi connectivity index (χ3v) is 3.01. The van der Waals surface area contributed by atoms with Gasteiger partial charge in [-0.25, -0.2) is 0 Å². The molecule has 94 valence electrons. The monoisotopic (exact) mass is 264 g/mol. The minimum atomic E-state index is -0.904. The van der Waals surface area contributed by atoms with E-state index in [2.05, 4.69) is 10.2 Å². The number of nitrogens with zero attached hydrogens (tertiary/aromatic N) is 2. The maximum atomic E-state index is 10.4. The van der Waals surface area contributed by atoms with Gasteiger partial charge in [0.05, 0.1) is 6.42 Å². The van der Waals surface area contributed by atoms with E-state index in [-0.39, 0.29) is 5.75 Å². The Labute approximate surface area is 108 Å². The lowest BCUT2D eigenvalue weighted by molar-refractivity contribution is -0.133. The Morgan fingerprint density at radius 2 is 2.28 bits per heavy atom. The Bertz CT molecular complexity index is 554. The summed E-state index contributed by atoms with van der Waals surface area (Å²) in [5.41, 5.74) is 2.26. The quantitative estimate of drug-likeness (QED) is 0.834. The Morgan fingerprint density at radius 1 is 1.44 bits per heavy atom. The largest absolute Gasteiger partial charge is 0.481 e. The number of benzene rings is 1. The van der Waals surface area contributed by atoms with E-state index in [0.29, 0.717) is 17.5 Å². The summed E-state index contributed by atoms with van der Waals surface area (Å²) in [5.74, 6) is -0.488. The topological polar surface area (TPSA) is 76.2 Å². The first-order valence-electron chi connectivity index (χ1n) is 5.36. The SMILES string of the molecule is Cc1cccc(Cc2nnc(SCC(=O)O)o2)c1. The lowest BCUT2D eigenvalue weighted by atomic mass is 10.1. The van der Waals surface area contributed by atoms with Crippen LogP contribution >= 0.6 is 11.8 Å². The zero-order valence-electron chi connectivity index (χ0n) is 9.79. The van der Waals surface area contributed by atoms with Gasteiger partial charge < -0.3 is 9.52 Å². The Kier molecular flexibility index (Phi) is 3.99. The van der Waals surface area contributed by atoms with Gasteiger partial charge in [0, 0.05) is 0 Å². The van der Waals surface area contributed by atoms with Gasteiger partial charge >= 0.3 is 5.97 Å². The number of hydrogen-bond donors (Lipinski definition) is 1. The molecule has 0 fully saturated rings. The second-order valence-electron chi connectivity index (χ2n) is 3.81. The van der Waals surface area contributed by atoms with Crippen molar-refractivity contribution in [3.8, 4) is 0 Å². The van der Waals surface area contributed by atoms with Gasteiger partial charge in [0.2, 0.25) is 5.89 Å². The Balaban J connectivity index is 2.00. The molecule has 5 nitrogen and oxygen atoms in total. The fourth-order valence-corrected chi connectivity index (χ4v) is 1.99. The second kappa shape index (κ2) is 5.68. The van der Waals surface area contributed by atoms with Gasteiger partial charge in [-0.1, -0.05) is 41.6 Å². The standard InChI is InChI=1S/C12H12N2O3S/c1-8-3-2-4-9(5-8)6-10-13-14-12(17-10)18-7-11(15)16/h2-5H,6-7H2,1H3,(H,15,16). The minimum Gasteiger partial charge on any atom is -0.481 e. The number of aliphatic carboxylic acids is 1. The molecule has 0 saturated carbocycles. The molecule has 0 saturated heterocycles. The first-order chi connectivity index (χ1) is 8.63. The highest BCUT2D eigenvalue weighted by molar-refractivity contribution is 7.99. The van der Waals surface area contributed by atoms with Crippen molar-refractivity contribution in [2.24, 2.45) is 0 Å². The van der Waals surface area contributed by atoms with Gasteiger partial charge in [-0.15, -0.1) is 10.2 Å². The number of aromatic nitrogens is 2. The van der Waals surface area contributed by atoms with Crippen molar-refractivity contribution < 1.29 is 14.3 Å². The van der Waals surface area contributed by atoms with Gasteiger partial charge in [0.25, 0.3) is 5.22 Å². The molecule has 0 radical (unpaired) electrons. The van der Waals surface area contributed by atoms with Crippen molar-refractivity contribution in [1.82, 2.24) is 10.2 Å². The van der Waals surface area contributed by atoms with E-state index < -0.39 is 5.97 Å². The highest BCUT2D eigenvalue weighted by atomic mass is 32.2. The number of hydrogen-bond acceptors (Lipinski definition) is 5. The highest BCUT2D eigenvalue weighted by Crippen LogP contribution is 2.17. The molecule has 0 spiro atoms. The molecule has 18 heavy (non-hydrogen) atoms. The van der Waals surface area contributed by atoms with Gasteiger partial charge in [0.15, 0.2) is 0 Å². The molecule has 0 amide bonds. The molecule has 6 heteroatoms. The lowest BCUT2D eigenvalue weighted by Gasteiger charge is -1.98. The van der Waals surface area contributed by atoms with E-state index in [0.717, 1.165) is 17.3 Å². The van der Waals surface area contributed by atoms with Crippen LogP contribution in [-0.2, 0) is 11.2 Å². The van der Waals surface area contributed by atoms with E-state index in [9.17, 15) is 4.79 Å². The summed E-state index contributed by atoms with van der Waals surface area (Å²) in [7, 11) is 0. The number of aryl methyl sites for hydroxylation is 1. The third-order valence-electron chi connectivity index (χ3n) is 2.21. The average Bonchev–Trinajstić information content (AvgIpc) is 2.74. The minimum absolute atomic E-state index is 0.0773. The Morgan fingerprint density at radius 3 is 3.00 bits per heavy atom.